The molecule has 2 aromatic heterocycles. The van der Waals surface area contributed by atoms with E-state index in [1.807, 2.05) is 0 Å². The predicted octanol–water partition coefficient (Wildman–Crippen LogP) is 17.3. The van der Waals surface area contributed by atoms with Crippen LogP contribution < -0.4 is 30.8 Å². The summed E-state index contributed by atoms with van der Waals surface area (Å²) in [5.41, 5.74) is 18.6. The zero-order valence-corrected chi connectivity index (χ0v) is 46.1. The lowest BCUT2D eigenvalue weighted by Crippen LogP contribution is -2.57. The highest BCUT2D eigenvalue weighted by molar-refractivity contribution is 6.98. The van der Waals surface area contributed by atoms with Crippen LogP contribution in [0.5, 0.6) is 23.0 Å². The molecule has 0 atom stereocenters. The number of hydrogen-bond donors (Lipinski definition) is 0. The van der Waals surface area contributed by atoms with Gasteiger partial charge in [-0.1, -0.05) is 180 Å². The first kappa shape index (κ1) is 47.7. The fourth-order valence-electron chi connectivity index (χ4n) is 12.0. The molecule has 0 amide bonds. The second-order valence-corrected chi connectivity index (χ2v) is 25.5. The van der Waals surface area contributed by atoms with Crippen LogP contribution in [0.2, 0.25) is 0 Å². The first-order chi connectivity index (χ1) is 36.2. The third-order valence-electron chi connectivity index (χ3n) is 16.3. The Bertz CT molecular complexity index is 3980. The third kappa shape index (κ3) is 7.66. The van der Waals surface area contributed by atoms with Crippen LogP contribution in [0, 0.1) is 0 Å². The Labute approximate surface area is 448 Å². The maximum absolute atomic E-state index is 7.13. The fourth-order valence-corrected chi connectivity index (χ4v) is 12.0. The molecule has 376 valence electrons. The summed E-state index contributed by atoms with van der Waals surface area (Å²) in [6.07, 6.45) is 0. The van der Waals surface area contributed by atoms with Gasteiger partial charge in [0.25, 0.3) is 6.71 Å². The van der Waals surface area contributed by atoms with E-state index in [1.54, 1.807) is 0 Å². The lowest BCUT2D eigenvalue weighted by Gasteiger charge is -2.35. The second kappa shape index (κ2) is 16.8. The van der Waals surface area contributed by atoms with Crippen molar-refractivity contribution >= 4 is 83.8 Å². The number of aromatic nitrogens is 2. The van der Waals surface area contributed by atoms with Crippen molar-refractivity contribution in [3.05, 3.63) is 204 Å². The Morgan fingerprint density at radius 1 is 0.342 bits per heavy atom. The van der Waals surface area contributed by atoms with Crippen LogP contribution in [0.4, 0.5) is 17.1 Å². The quantitative estimate of drug-likeness (QED) is 0.161. The molecular formula is C70H66BN3O2. The molecule has 0 bridgehead atoms. The maximum Gasteiger partial charge on any atom is 0.260 e. The summed E-state index contributed by atoms with van der Waals surface area (Å²) in [4.78, 5) is 2.38. The smallest absolute Gasteiger partial charge is 0.260 e. The van der Waals surface area contributed by atoms with E-state index in [4.69, 9.17) is 9.47 Å². The largest absolute Gasteiger partial charge is 0.458 e. The maximum atomic E-state index is 7.13. The Hall–Kier alpha value is -7.96. The molecule has 2 aliphatic heterocycles. The van der Waals surface area contributed by atoms with Crippen molar-refractivity contribution in [3.63, 3.8) is 0 Å². The standard InChI is InChI=1S/C70H66BN3O2/c1-67(2,3)43-21-27-47(28-22-43)72(48-29-23-44(24-30-48)68(4,5)6)49-31-33-50(34-32-49)73-58-19-15-13-17-52(58)54-35-36-55-53-18-14-16-20-59(53)74(66(55)65(54)73)51-41-62-64-63(42-51)76-61-38-26-46(70(10,11)12)40-57(61)71(64)56-39-45(69(7,8)9)25-37-60(56)75-62/h13-42H,1-12H3. The first-order valence-electron chi connectivity index (χ1n) is 27.1. The van der Waals surface area contributed by atoms with Gasteiger partial charge >= 0.3 is 0 Å². The molecule has 6 heteroatoms. The highest BCUT2D eigenvalue weighted by Gasteiger charge is 2.42. The molecule has 0 spiro atoms. The molecule has 0 saturated heterocycles. The molecule has 11 aromatic rings. The Balaban J connectivity index is 1.02. The minimum atomic E-state index is -0.0619. The molecule has 5 nitrogen and oxygen atoms in total. The average Bonchev–Trinajstić information content (AvgIpc) is 4.01. The number of benzene rings is 9. The lowest BCUT2D eigenvalue weighted by molar-refractivity contribution is 0.463. The molecule has 9 aromatic carbocycles. The summed E-state index contributed by atoms with van der Waals surface area (Å²) in [6.45, 7) is 27.3. The van der Waals surface area contributed by atoms with Gasteiger partial charge in [0.2, 0.25) is 0 Å². The molecule has 0 saturated carbocycles. The van der Waals surface area contributed by atoms with E-state index in [2.05, 4.69) is 279 Å². The molecule has 0 fully saturated rings. The number of rotatable bonds is 5. The Morgan fingerprint density at radius 2 is 0.711 bits per heavy atom. The fraction of sp³-hybridized carbons (Fsp3) is 0.229. The van der Waals surface area contributed by atoms with Crippen molar-refractivity contribution in [2.75, 3.05) is 4.90 Å². The van der Waals surface area contributed by atoms with E-state index < -0.39 is 0 Å². The van der Waals surface area contributed by atoms with Gasteiger partial charge in [-0.25, -0.2) is 0 Å². The molecule has 0 N–H and O–H groups in total. The van der Waals surface area contributed by atoms with Crippen LogP contribution in [0.1, 0.15) is 105 Å². The second-order valence-electron chi connectivity index (χ2n) is 25.5. The number of hydrogen-bond acceptors (Lipinski definition) is 3. The van der Waals surface area contributed by atoms with Gasteiger partial charge in [-0.3, -0.25) is 0 Å². The van der Waals surface area contributed by atoms with Crippen molar-refractivity contribution in [3.8, 4) is 34.4 Å². The van der Waals surface area contributed by atoms with E-state index in [9.17, 15) is 0 Å². The van der Waals surface area contributed by atoms with Crippen molar-refractivity contribution in [2.24, 2.45) is 0 Å². The van der Waals surface area contributed by atoms with Crippen LogP contribution in [-0.4, -0.2) is 15.8 Å². The number of ether oxygens (including phenoxy) is 2. The van der Waals surface area contributed by atoms with Crippen molar-refractivity contribution < 1.29 is 9.47 Å². The van der Waals surface area contributed by atoms with E-state index >= 15 is 0 Å². The van der Waals surface area contributed by atoms with E-state index in [1.165, 1.54) is 54.7 Å². The van der Waals surface area contributed by atoms with Gasteiger partial charge in [0, 0.05) is 61.9 Å². The summed E-state index contributed by atoms with van der Waals surface area (Å²) in [5.74, 6) is 3.41. The average molecular weight is 992 g/mol. The Kier molecular flexibility index (Phi) is 10.5. The molecule has 0 aliphatic carbocycles. The van der Waals surface area contributed by atoms with Gasteiger partial charge < -0.3 is 23.5 Å². The van der Waals surface area contributed by atoms with Gasteiger partial charge in [0.1, 0.15) is 23.0 Å². The lowest BCUT2D eigenvalue weighted by atomic mass is 9.34. The molecule has 2 aliphatic rings. The number of anilines is 3. The minimum absolute atomic E-state index is 0.0339. The SMILES string of the molecule is CC(C)(C)c1ccc(N(c2ccc(-n3c4ccccc4c4ccc5c6ccccc6n(-c6cc7c8c(c6)Oc6ccc(C(C)(C)C)cc6B8c6cc(C(C)(C)C)ccc6O7)c5c43)cc2)c2ccc(C(C)(C)C)cc2)cc1. The topological polar surface area (TPSA) is 31.6 Å². The van der Waals surface area contributed by atoms with Crippen LogP contribution >= 0.6 is 0 Å². The zero-order valence-electron chi connectivity index (χ0n) is 46.1. The highest BCUT2D eigenvalue weighted by atomic mass is 16.5. The van der Waals surface area contributed by atoms with Crippen LogP contribution in [0.3, 0.4) is 0 Å². The monoisotopic (exact) mass is 992 g/mol. The number of nitrogens with zero attached hydrogens (tertiary/aromatic N) is 3. The zero-order chi connectivity index (χ0) is 52.8. The van der Waals surface area contributed by atoms with Gasteiger partial charge in [-0.2, -0.15) is 0 Å². The normalized spacial score (nSPS) is 13.4. The van der Waals surface area contributed by atoms with Crippen LogP contribution in [0.15, 0.2) is 182 Å². The summed E-state index contributed by atoms with van der Waals surface area (Å²) >= 11 is 0. The highest BCUT2D eigenvalue weighted by Crippen LogP contribution is 2.46. The van der Waals surface area contributed by atoms with Crippen molar-refractivity contribution in [1.29, 1.82) is 0 Å². The molecule has 13 rings (SSSR count). The number of fused-ring (bicyclic) bond motifs is 11. The summed E-state index contributed by atoms with van der Waals surface area (Å²) in [5, 5.41) is 4.75. The summed E-state index contributed by atoms with van der Waals surface area (Å²) < 4.78 is 19.2. The number of para-hydroxylation sites is 2. The first-order valence-corrected chi connectivity index (χ1v) is 27.1. The summed E-state index contributed by atoms with van der Waals surface area (Å²) in [7, 11) is 0. The van der Waals surface area contributed by atoms with Gasteiger partial charge in [-0.05, 0) is 128 Å². The van der Waals surface area contributed by atoms with Gasteiger partial charge in [-0.15, -0.1) is 0 Å². The van der Waals surface area contributed by atoms with E-state index in [0.717, 1.165) is 79.0 Å². The predicted molar refractivity (Wildman–Crippen MR) is 322 cm³/mol. The molecular weight excluding hydrogens is 926 g/mol. The van der Waals surface area contributed by atoms with E-state index in [-0.39, 0.29) is 28.4 Å². The van der Waals surface area contributed by atoms with Crippen LogP contribution in [0.25, 0.3) is 55.0 Å². The van der Waals surface area contributed by atoms with E-state index in [0.29, 0.717) is 0 Å². The summed E-state index contributed by atoms with van der Waals surface area (Å²) in [6, 6.07) is 67.8. The Morgan fingerprint density at radius 3 is 1.12 bits per heavy atom. The minimum Gasteiger partial charge on any atom is -0.458 e. The van der Waals surface area contributed by atoms with Crippen LogP contribution in [-0.2, 0) is 21.7 Å². The third-order valence-corrected chi connectivity index (χ3v) is 16.3. The molecule has 4 heterocycles. The molecule has 0 radical (unpaired) electrons. The van der Waals surface area contributed by atoms with Gasteiger partial charge in [0.05, 0.1) is 27.8 Å². The van der Waals surface area contributed by atoms with Crippen molar-refractivity contribution in [1.82, 2.24) is 9.13 Å². The molecule has 76 heavy (non-hydrogen) atoms. The van der Waals surface area contributed by atoms with Gasteiger partial charge in [0.15, 0.2) is 0 Å². The van der Waals surface area contributed by atoms with Crippen molar-refractivity contribution in [2.45, 2.75) is 105 Å². The molecule has 0 unspecified atom stereocenters.